The number of anilines is 1. The number of ketones is 1. The third kappa shape index (κ3) is 4.61. The molecule has 1 aliphatic heterocycles. The second-order valence-electron chi connectivity index (χ2n) is 6.29. The summed E-state index contributed by atoms with van der Waals surface area (Å²) in [6, 6.07) is 1.68. The van der Waals surface area contributed by atoms with Crippen molar-refractivity contribution >= 4 is 23.1 Å². The van der Waals surface area contributed by atoms with Crippen molar-refractivity contribution in [2.24, 2.45) is 5.92 Å². The first-order chi connectivity index (χ1) is 12.7. The van der Waals surface area contributed by atoms with Gasteiger partial charge in [-0.2, -0.15) is 9.78 Å². The lowest BCUT2D eigenvalue weighted by atomic mass is 9.93. The molecular formula is C18H16ClF3N4O. The van der Waals surface area contributed by atoms with Gasteiger partial charge in [0, 0.05) is 37.5 Å². The predicted octanol–water partition coefficient (Wildman–Crippen LogP) is 3.61. The number of hydrogen-bond acceptors (Lipinski definition) is 4. The normalized spacial score (nSPS) is 15.4. The van der Waals surface area contributed by atoms with E-state index in [1.165, 1.54) is 6.20 Å². The molecule has 0 atom stereocenters. The zero-order valence-electron chi connectivity index (χ0n) is 14.4. The van der Waals surface area contributed by atoms with Gasteiger partial charge >= 0.3 is 6.30 Å². The van der Waals surface area contributed by atoms with E-state index in [1.54, 1.807) is 13.0 Å². The molecule has 0 radical (unpaired) electrons. The first-order valence-corrected chi connectivity index (χ1v) is 8.66. The van der Waals surface area contributed by atoms with Crippen molar-refractivity contribution < 1.29 is 18.0 Å². The number of pyridine rings is 1. The molecule has 0 bridgehead atoms. The Hall–Kier alpha value is -2.53. The van der Waals surface area contributed by atoms with Gasteiger partial charge in [-0.3, -0.25) is 4.79 Å². The molecule has 0 spiro atoms. The van der Waals surface area contributed by atoms with Crippen LogP contribution in [0.25, 0.3) is 0 Å². The van der Waals surface area contributed by atoms with Crippen molar-refractivity contribution in [3.63, 3.8) is 0 Å². The van der Waals surface area contributed by atoms with Crippen molar-refractivity contribution in [3.05, 3.63) is 40.9 Å². The fraction of sp³-hybridized carbons (Fsp3) is 0.389. The molecule has 0 unspecified atom stereocenters. The van der Waals surface area contributed by atoms with Crippen LogP contribution < -0.4 is 4.90 Å². The number of hydrogen-bond donors (Lipinski definition) is 0. The molecule has 27 heavy (non-hydrogen) atoms. The number of Topliss-reactive ketones (excluding diaryl/α,β-unsaturated/α-hetero) is 1. The SMILES string of the molecule is CC(=O)C1CCN(c2cc(Cl)ncc2C#Cc2cnn(C(F)(F)F)c2)CC1. The summed E-state index contributed by atoms with van der Waals surface area (Å²) < 4.78 is 37.7. The predicted molar refractivity (Wildman–Crippen MR) is 94.4 cm³/mol. The number of halogens is 4. The number of aromatic nitrogens is 3. The number of alkyl halides is 3. The zero-order valence-corrected chi connectivity index (χ0v) is 15.2. The summed E-state index contributed by atoms with van der Waals surface area (Å²) in [6.07, 6.45) is 0.279. The maximum atomic E-state index is 12.6. The molecule has 5 nitrogen and oxygen atoms in total. The average Bonchev–Trinajstić information content (AvgIpc) is 3.10. The Morgan fingerprint density at radius 2 is 1.96 bits per heavy atom. The fourth-order valence-electron chi connectivity index (χ4n) is 2.97. The minimum Gasteiger partial charge on any atom is -0.370 e. The monoisotopic (exact) mass is 396 g/mol. The molecule has 9 heteroatoms. The molecule has 0 N–H and O–H groups in total. The highest BCUT2D eigenvalue weighted by molar-refractivity contribution is 6.29. The number of carbonyl (C=O) groups excluding carboxylic acids is 1. The summed E-state index contributed by atoms with van der Waals surface area (Å²) in [6.45, 7) is 2.94. The first-order valence-electron chi connectivity index (χ1n) is 8.29. The van der Waals surface area contributed by atoms with E-state index in [0.717, 1.165) is 30.9 Å². The molecule has 0 aromatic carbocycles. The summed E-state index contributed by atoms with van der Waals surface area (Å²) in [5, 5.41) is 3.56. The van der Waals surface area contributed by atoms with Crippen LogP contribution in [0.1, 0.15) is 30.9 Å². The van der Waals surface area contributed by atoms with E-state index >= 15 is 0 Å². The maximum Gasteiger partial charge on any atom is 0.504 e. The Labute approximate surface area is 159 Å². The second-order valence-corrected chi connectivity index (χ2v) is 6.67. The molecule has 0 amide bonds. The van der Waals surface area contributed by atoms with Crippen LogP contribution in [0.15, 0.2) is 24.7 Å². The van der Waals surface area contributed by atoms with Gasteiger partial charge in [0.05, 0.1) is 23.0 Å². The Morgan fingerprint density at radius 3 is 2.56 bits per heavy atom. The second kappa shape index (κ2) is 7.61. The minimum atomic E-state index is -4.58. The van der Waals surface area contributed by atoms with Crippen LogP contribution in [-0.4, -0.2) is 33.6 Å². The summed E-state index contributed by atoms with van der Waals surface area (Å²) in [4.78, 5) is 17.6. The number of piperidine rings is 1. The molecule has 0 saturated carbocycles. The molecule has 3 rings (SSSR count). The van der Waals surface area contributed by atoms with Gasteiger partial charge in [-0.1, -0.05) is 23.4 Å². The van der Waals surface area contributed by atoms with E-state index in [2.05, 4.69) is 26.8 Å². The summed E-state index contributed by atoms with van der Waals surface area (Å²) in [5.74, 6) is 5.78. The van der Waals surface area contributed by atoms with Crippen LogP contribution in [0.3, 0.4) is 0 Å². The molecule has 1 saturated heterocycles. The molecule has 142 valence electrons. The van der Waals surface area contributed by atoms with Gasteiger partial charge in [0.25, 0.3) is 0 Å². The Morgan fingerprint density at radius 1 is 1.26 bits per heavy atom. The van der Waals surface area contributed by atoms with E-state index in [9.17, 15) is 18.0 Å². The van der Waals surface area contributed by atoms with Crippen molar-refractivity contribution in [2.45, 2.75) is 26.1 Å². The fourth-order valence-corrected chi connectivity index (χ4v) is 3.12. The van der Waals surface area contributed by atoms with E-state index < -0.39 is 6.30 Å². The Balaban J connectivity index is 1.84. The molecule has 0 aliphatic carbocycles. The quantitative estimate of drug-likeness (QED) is 0.575. The van der Waals surface area contributed by atoms with Crippen LogP contribution >= 0.6 is 11.6 Å². The van der Waals surface area contributed by atoms with E-state index in [-0.39, 0.29) is 21.9 Å². The van der Waals surface area contributed by atoms with Crippen LogP contribution in [0.2, 0.25) is 5.15 Å². The smallest absolute Gasteiger partial charge is 0.370 e. The third-order valence-electron chi connectivity index (χ3n) is 4.44. The lowest BCUT2D eigenvalue weighted by molar-refractivity contribution is -0.212. The van der Waals surface area contributed by atoms with Gasteiger partial charge in [-0.05, 0) is 19.8 Å². The molecule has 1 aliphatic rings. The van der Waals surface area contributed by atoms with Gasteiger partial charge in [-0.25, -0.2) is 4.98 Å². The Kier molecular flexibility index (Phi) is 5.42. The minimum absolute atomic E-state index is 0.0568. The standard InChI is InChI=1S/C18H16ClF3N4O/c1-12(27)14-4-6-25(7-5-14)16-8-17(19)23-10-15(16)3-2-13-9-24-26(11-13)18(20,21)22/h8-11,14H,4-7H2,1H3. The molecule has 3 heterocycles. The lowest BCUT2D eigenvalue weighted by Gasteiger charge is -2.33. The van der Waals surface area contributed by atoms with Crippen molar-refractivity contribution in [1.82, 2.24) is 14.8 Å². The van der Waals surface area contributed by atoms with Gasteiger partial charge in [0.1, 0.15) is 10.9 Å². The number of rotatable bonds is 2. The highest BCUT2D eigenvalue weighted by atomic mass is 35.5. The largest absolute Gasteiger partial charge is 0.504 e. The van der Waals surface area contributed by atoms with Gasteiger partial charge in [-0.15, -0.1) is 13.2 Å². The number of carbonyl (C=O) groups is 1. The van der Waals surface area contributed by atoms with Crippen molar-refractivity contribution in [2.75, 3.05) is 18.0 Å². The average molecular weight is 397 g/mol. The van der Waals surface area contributed by atoms with Crippen molar-refractivity contribution in [3.8, 4) is 11.8 Å². The van der Waals surface area contributed by atoms with Crippen molar-refractivity contribution in [1.29, 1.82) is 0 Å². The van der Waals surface area contributed by atoms with E-state index in [1.807, 2.05) is 0 Å². The van der Waals surface area contributed by atoms with E-state index in [4.69, 9.17) is 11.6 Å². The Bertz CT molecular complexity index is 905. The van der Waals surface area contributed by atoms with Gasteiger partial charge < -0.3 is 4.90 Å². The van der Waals surface area contributed by atoms with Crippen LogP contribution in [-0.2, 0) is 11.1 Å². The van der Waals surface area contributed by atoms with Gasteiger partial charge in [0.15, 0.2) is 0 Å². The number of nitrogens with zero attached hydrogens (tertiary/aromatic N) is 4. The van der Waals surface area contributed by atoms with Gasteiger partial charge in [0.2, 0.25) is 0 Å². The van der Waals surface area contributed by atoms with E-state index in [0.29, 0.717) is 23.8 Å². The van der Waals surface area contributed by atoms with Crippen LogP contribution in [0.4, 0.5) is 18.9 Å². The zero-order chi connectivity index (χ0) is 19.6. The molecule has 2 aromatic rings. The lowest BCUT2D eigenvalue weighted by Crippen LogP contribution is -2.36. The third-order valence-corrected chi connectivity index (χ3v) is 4.65. The summed E-state index contributed by atoms with van der Waals surface area (Å²) in [5.41, 5.74) is 1.46. The van der Waals surface area contributed by atoms with Crippen LogP contribution in [0, 0.1) is 17.8 Å². The summed E-state index contributed by atoms with van der Waals surface area (Å²) >= 11 is 6.01. The van der Waals surface area contributed by atoms with Crippen LogP contribution in [0.5, 0.6) is 0 Å². The molecule has 1 fully saturated rings. The highest BCUT2D eigenvalue weighted by Gasteiger charge is 2.31. The topological polar surface area (TPSA) is 51.0 Å². The molecular weight excluding hydrogens is 381 g/mol. The maximum absolute atomic E-state index is 12.6. The molecule has 2 aromatic heterocycles. The first kappa shape index (κ1) is 19.2. The highest BCUT2D eigenvalue weighted by Crippen LogP contribution is 2.28. The summed E-state index contributed by atoms with van der Waals surface area (Å²) in [7, 11) is 0.